The zero-order valence-electron chi connectivity index (χ0n) is 39.5. The van der Waals surface area contributed by atoms with Crippen LogP contribution in [0, 0.1) is 12.8 Å². The van der Waals surface area contributed by atoms with Crippen LogP contribution in [0.4, 0.5) is 0 Å². The molecule has 0 N–H and O–H groups in total. The van der Waals surface area contributed by atoms with Crippen molar-refractivity contribution < 1.29 is 52.4 Å². The van der Waals surface area contributed by atoms with Gasteiger partial charge in [-0.05, 0) is 12.8 Å². The van der Waals surface area contributed by atoms with Crippen molar-refractivity contribution in [1.82, 2.24) is 0 Å². The molecule has 0 saturated heterocycles. The Bertz CT molecular complexity index is 2500. The Hall–Kier alpha value is -5.60. The van der Waals surface area contributed by atoms with Gasteiger partial charge in [-0.25, -0.2) is 31.8 Å². The number of benzene rings is 7. The second-order valence-corrected chi connectivity index (χ2v) is 14.7. The molecule has 0 atom stereocenters. The molecule has 11 aromatic rings. The van der Waals surface area contributed by atoms with Crippen LogP contribution in [0.3, 0.4) is 0 Å². The first-order valence-corrected chi connectivity index (χ1v) is 24.1. The summed E-state index contributed by atoms with van der Waals surface area (Å²) in [5.41, 5.74) is 7.85. The predicted molar refractivity (Wildman–Crippen MR) is 299 cm³/mol. The molecule has 0 spiro atoms. The molecule has 11 rings (SSSR count). The average molecular weight is 1070 g/mol. The Morgan fingerprint density at radius 1 is 0.353 bits per heavy atom. The molecule has 0 aliphatic carbocycles. The summed E-state index contributed by atoms with van der Waals surface area (Å²) >= 11 is 0. The monoisotopic (exact) mass is 1070 g/mol. The van der Waals surface area contributed by atoms with E-state index in [4.69, 9.17) is 0 Å². The number of fused-ring (bicyclic) bond motifs is 3. The molecule has 334 valence electrons. The maximum Gasteiger partial charge on any atom is 4.00 e. The van der Waals surface area contributed by atoms with Crippen molar-refractivity contribution in [1.29, 1.82) is 0 Å². The van der Waals surface area contributed by atoms with E-state index in [2.05, 4.69) is 251 Å². The van der Waals surface area contributed by atoms with Crippen molar-refractivity contribution in [2.24, 2.45) is 0 Å². The van der Waals surface area contributed by atoms with Crippen LogP contribution in [0.5, 0.6) is 0 Å². The summed E-state index contributed by atoms with van der Waals surface area (Å²) in [5.74, 6) is 0. The SMILES string of the molecule is CCc1cc2ccccc2[cH-]1.CCc1cc2ccccc2[cH-]1.[CH-]=[SiH2].[CH-]=[SiH2].[Zr+4].[Zr+4].c1cc[cH-]c1.c1ccc([CH-]c2ccccc2)cc1.c1ccc([CH-]c2ccccc2)cc1.c1ccc2[cH-]ccc2c1. The molecule has 0 saturated carbocycles. The molecule has 0 nitrogen and oxygen atoms in total. The van der Waals surface area contributed by atoms with Gasteiger partial charge in [-0.1, -0.05) is 105 Å². The first-order valence-electron chi connectivity index (χ1n) is 22.4. The fourth-order valence-corrected chi connectivity index (χ4v) is 6.81. The van der Waals surface area contributed by atoms with Gasteiger partial charge in [-0.2, -0.15) is 47.9 Å². The van der Waals surface area contributed by atoms with Gasteiger partial charge in [0.15, 0.2) is 0 Å². The van der Waals surface area contributed by atoms with Crippen LogP contribution in [0.15, 0.2) is 267 Å². The first kappa shape index (κ1) is 58.5. The van der Waals surface area contributed by atoms with Crippen LogP contribution in [0.25, 0.3) is 32.3 Å². The van der Waals surface area contributed by atoms with Crippen LogP contribution < -0.4 is 0 Å². The third kappa shape index (κ3) is 22.0. The summed E-state index contributed by atoms with van der Waals surface area (Å²) < 4.78 is 0. The minimum atomic E-state index is 0. The Morgan fingerprint density at radius 2 is 0.662 bits per heavy atom. The molecule has 0 heterocycles. The molecule has 0 radical (unpaired) electrons. The molecule has 0 amide bonds. The summed E-state index contributed by atoms with van der Waals surface area (Å²) in [6.45, 7) is 4.38. The molecule has 0 aliphatic heterocycles. The van der Waals surface area contributed by atoms with Gasteiger partial charge in [0.05, 0.1) is 0 Å². The summed E-state index contributed by atoms with van der Waals surface area (Å²) in [4.78, 5) is 0. The third-order valence-electron chi connectivity index (χ3n) is 10.1. The van der Waals surface area contributed by atoms with E-state index >= 15 is 0 Å². The third-order valence-corrected chi connectivity index (χ3v) is 10.1. The zero-order valence-corrected chi connectivity index (χ0v) is 47.3. The minimum absolute atomic E-state index is 0. The predicted octanol–water partition coefficient (Wildman–Crippen LogP) is 14.6. The quantitative estimate of drug-likeness (QED) is 0.115. The molecule has 11 aromatic carbocycles. The smallest absolute Gasteiger partial charge is 0.533 e. The normalized spacial score (nSPS) is 9.15. The number of hydrogen-bond acceptors (Lipinski definition) is 0. The summed E-state index contributed by atoms with van der Waals surface area (Å²) in [5, 5.41) is 8.12. The Morgan fingerprint density at radius 3 is 0.956 bits per heavy atom. The van der Waals surface area contributed by atoms with Gasteiger partial charge < -0.3 is 12.3 Å². The number of rotatable bonds is 6. The largest absolute Gasteiger partial charge is 4.00 e. The topological polar surface area (TPSA) is 0 Å². The van der Waals surface area contributed by atoms with E-state index in [1.54, 1.807) is 0 Å². The Balaban J connectivity index is 0.000000278. The number of aryl methyl sites for hydroxylation is 2. The van der Waals surface area contributed by atoms with Crippen LogP contribution >= 0.6 is 0 Å². The summed E-state index contributed by atoms with van der Waals surface area (Å²) in [7, 11) is 2.72. The summed E-state index contributed by atoms with van der Waals surface area (Å²) in [6.07, 6.45) is 15.7. The Labute approximate surface area is 452 Å². The second-order valence-electron chi connectivity index (χ2n) is 14.7. The van der Waals surface area contributed by atoms with E-state index in [1.807, 2.05) is 54.6 Å². The fourth-order valence-electron chi connectivity index (χ4n) is 6.81. The van der Waals surface area contributed by atoms with Crippen molar-refractivity contribution in [2.45, 2.75) is 26.7 Å². The zero-order chi connectivity index (χ0) is 46.9. The van der Waals surface area contributed by atoms with Crippen molar-refractivity contribution in [3.05, 3.63) is 313 Å². The van der Waals surface area contributed by atoms with Crippen LogP contribution in [-0.4, -0.2) is 32.1 Å². The molecule has 68 heavy (non-hydrogen) atoms. The second kappa shape index (κ2) is 36.4. The van der Waals surface area contributed by atoms with Gasteiger partial charge in [0.2, 0.25) is 0 Å². The van der Waals surface area contributed by atoms with E-state index in [0.717, 1.165) is 12.8 Å². The molecule has 0 aromatic heterocycles. The van der Waals surface area contributed by atoms with E-state index < -0.39 is 0 Å². The van der Waals surface area contributed by atoms with Crippen molar-refractivity contribution >= 4 is 64.4 Å². The molecule has 0 bridgehead atoms. The average Bonchev–Trinajstić information content (AvgIpc) is 4.26. The minimum Gasteiger partial charge on any atom is -0.533 e. The van der Waals surface area contributed by atoms with Crippen molar-refractivity contribution in [3.8, 4) is 0 Å². The molecular weight excluding hydrogens is 1010 g/mol. The van der Waals surface area contributed by atoms with Gasteiger partial charge in [-0.3, -0.25) is 0 Å². The maximum atomic E-state index is 4.53. The van der Waals surface area contributed by atoms with Crippen molar-refractivity contribution in [3.63, 3.8) is 0 Å². The Kier molecular flexibility index (Phi) is 31.4. The van der Waals surface area contributed by atoms with Gasteiger partial charge in [0.25, 0.3) is 0 Å². The number of hydrogen-bond donors (Lipinski definition) is 0. The van der Waals surface area contributed by atoms with Gasteiger partial charge in [0, 0.05) is 0 Å². The van der Waals surface area contributed by atoms with Crippen LogP contribution in [-0.2, 0) is 65.2 Å². The molecule has 0 fully saturated rings. The van der Waals surface area contributed by atoms with E-state index in [-0.39, 0.29) is 52.4 Å². The maximum absolute atomic E-state index is 4.53. The van der Waals surface area contributed by atoms with Gasteiger partial charge in [0.1, 0.15) is 0 Å². The van der Waals surface area contributed by atoms with E-state index in [9.17, 15) is 0 Å². The van der Waals surface area contributed by atoms with Crippen LogP contribution in [0.1, 0.15) is 47.2 Å². The molecule has 0 aliphatic rings. The molecule has 4 heteroatoms. The van der Waals surface area contributed by atoms with E-state index in [1.165, 1.54) is 85.4 Å². The molecular formula is C64H62Si2Zr2. The molecule has 0 unspecified atom stereocenters. The van der Waals surface area contributed by atoms with E-state index in [0.29, 0.717) is 0 Å². The van der Waals surface area contributed by atoms with Gasteiger partial charge in [-0.15, -0.1) is 194 Å². The van der Waals surface area contributed by atoms with Gasteiger partial charge >= 0.3 is 52.4 Å². The van der Waals surface area contributed by atoms with Crippen molar-refractivity contribution in [2.75, 3.05) is 0 Å². The fraction of sp³-hybridized carbons (Fsp3) is 0.0625. The summed E-state index contributed by atoms with van der Waals surface area (Å²) in [6, 6.07) is 92.1. The first-order chi connectivity index (χ1) is 32.7. The standard InChI is InChI=1S/2C13H11.2C11H11.C9H7.C5H5.2CH3Si.2Zr/c2*1-3-7-12(8-4-1)11-13-9-5-2-6-10-13;2*1-2-9-7-10-5-3-4-6-11(10)8-9;1-2-5-9-7-3-6-8(9)4-1;1-2-4-5-3-1;2*1-2;;/h2*1-11H;2*3-8H,2H2,1H3;1-7H;1-5H;2*1H,2H2;;/q8*-1;2*+4. The van der Waals surface area contributed by atoms with Crippen LogP contribution in [0.2, 0.25) is 0 Å².